The molecule has 3 N–H and O–H groups in total. The summed E-state index contributed by atoms with van der Waals surface area (Å²) in [6, 6.07) is 24.0. The number of benzene rings is 3. The number of hydrogen-bond donors (Lipinski definition) is 3. The van der Waals surface area contributed by atoms with Gasteiger partial charge < -0.3 is 35.2 Å². The molecule has 9 nitrogen and oxygen atoms in total. The number of carbonyl (C=O) groups is 1. The van der Waals surface area contributed by atoms with Crippen LogP contribution in [0.5, 0.6) is 11.5 Å². The number of aliphatic hydroxyl groups is 1. The number of carbonyl (C=O) groups excluding carboxylic acids is 1. The lowest BCUT2D eigenvalue weighted by molar-refractivity contribution is -0.617. The topological polar surface area (TPSA) is 116 Å². The Labute approximate surface area is 270 Å². The minimum atomic E-state index is -1.15. The van der Waals surface area contributed by atoms with E-state index in [-0.39, 0.29) is 11.6 Å². The summed E-state index contributed by atoms with van der Waals surface area (Å²) in [5.74, 6) is 0.961. The molecule has 2 heterocycles. The van der Waals surface area contributed by atoms with Crippen LogP contribution in [0.3, 0.4) is 0 Å². The lowest BCUT2D eigenvalue weighted by Gasteiger charge is -2.16. The van der Waals surface area contributed by atoms with Gasteiger partial charge in [0.15, 0.2) is 12.3 Å². The van der Waals surface area contributed by atoms with Gasteiger partial charge in [0, 0.05) is 36.5 Å². The molecule has 0 spiro atoms. The fourth-order valence-corrected chi connectivity index (χ4v) is 5.22. The molecule has 0 radical (unpaired) electrons. The maximum absolute atomic E-state index is 13.5. The van der Waals surface area contributed by atoms with Gasteiger partial charge >= 0.3 is 0 Å². The molecule has 0 fully saturated rings. The molecule has 3 aromatic carbocycles. The van der Waals surface area contributed by atoms with Crippen LogP contribution in [-0.2, 0) is 9.53 Å². The monoisotopic (exact) mass is 623 g/mol. The van der Waals surface area contributed by atoms with Gasteiger partial charge in [-0.3, -0.25) is 4.79 Å². The number of nitrogens with zero attached hydrogens (tertiary/aromatic N) is 1. The van der Waals surface area contributed by atoms with Crippen molar-refractivity contribution in [1.82, 2.24) is 0 Å². The van der Waals surface area contributed by atoms with Crippen LogP contribution in [0.4, 0.5) is 11.4 Å². The Morgan fingerprint density at radius 1 is 0.978 bits per heavy atom. The summed E-state index contributed by atoms with van der Waals surface area (Å²) in [5.41, 5.74) is 5.72. The van der Waals surface area contributed by atoms with Gasteiger partial charge in [-0.2, -0.15) is 4.73 Å². The van der Waals surface area contributed by atoms with Gasteiger partial charge in [-0.05, 0) is 90.6 Å². The number of ether oxygens (including phenoxy) is 3. The maximum Gasteiger partial charge on any atom is 0.251 e. The van der Waals surface area contributed by atoms with E-state index in [4.69, 9.17) is 14.2 Å². The first-order valence-corrected chi connectivity index (χ1v) is 15.8. The van der Waals surface area contributed by atoms with E-state index in [9.17, 15) is 15.1 Å². The van der Waals surface area contributed by atoms with Crippen molar-refractivity contribution in [3.63, 3.8) is 0 Å². The number of fused-ring (bicyclic) bond motifs is 1. The number of amides is 1. The first-order chi connectivity index (χ1) is 22.5. The second kappa shape index (κ2) is 15.9. The summed E-state index contributed by atoms with van der Waals surface area (Å²) in [5, 5.41) is 29.5. The van der Waals surface area contributed by atoms with Gasteiger partial charge in [0.1, 0.15) is 18.1 Å². The quantitative estimate of drug-likeness (QED) is 0.0834. The van der Waals surface area contributed by atoms with E-state index in [0.29, 0.717) is 60.1 Å². The van der Waals surface area contributed by atoms with Gasteiger partial charge in [-0.15, -0.1) is 0 Å². The number of unbranched alkanes of at least 4 members (excludes halogenated alkanes) is 1. The van der Waals surface area contributed by atoms with Crippen LogP contribution in [0.2, 0.25) is 0 Å². The molecule has 4 aromatic rings. The summed E-state index contributed by atoms with van der Waals surface area (Å²) < 4.78 is 17.8. The van der Waals surface area contributed by atoms with Crippen molar-refractivity contribution in [2.45, 2.75) is 39.2 Å². The van der Waals surface area contributed by atoms with E-state index in [1.165, 1.54) is 6.20 Å². The van der Waals surface area contributed by atoms with Crippen LogP contribution >= 0.6 is 0 Å². The van der Waals surface area contributed by atoms with Crippen LogP contribution in [0.1, 0.15) is 56.0 Å². The SMILES string of the molecule is CCCCOCCOc1ccc(-c2ccc3c(c2)C=C(C(=O)Nc2ccc(C(O)c4cccc[n+]4[O-])cc2OCC)CCN3)cc1. The summed E-state index contributed by atoms with van der Waals surface area (Å²) >= 11 is 0. The molecular formula is C37H41N3O6. The maximum atomic E-state index is 13.5. The number of aromatic nitrogens is 1. The van der Waals surface area contributed by atoms with Crippen molar-refractivity contribution in [3.05, 3.63) is 113 Å². The summed E-state index contributed by atoms with van der Waals surface area (Å²) in [6.45, 7) is 6.79. The second-order valence-electron chi connectivity index (χ2n) is 11.0. The number of pyridine rings is 1. The van der Waals surface area contributed by atoms with Gasteiger partial charge in [-0.1, -0.05) is 37.6 Å². The minimum Gasteiger partial charge on any atom is -0.618 e. The third kappa shape index (κ3) is 8.24. The molecular weight excluding hydrogens is 582 g/mol. The molecule has 1 aliphatic rings. The molecule has 1 amide bonds. The Morgan fingerprint density at radius 3 is 2.59 bits per heavy atom. The van der Waals surface area contributed by atoms with Gasteiger partial charge in [0.05, 0.1) is 18.9 Å². The van der Waals surface area contributed by atoms with Crippen molar-refractivity contribution in [2.75, 3.05) is 43.6 Å². The Hall–Kier alpha value is -4.86. The molecule has 1 atom stereocenters. The molecule has 0 aliphatic carbocycles. The van der Waals surface area contributed by atoms with E-state index >= 15 is 0 Å². The first-order valence-electron chi connectivity index (χ1n) is 15.8. The number of nitrogens with one attached hydrogen (secondary N) is 2. The predicted molar refractivity (Wildman–Crippen MR) is 180 cm³/mol. The van der Waals surface area contributed by atoms with Crippen LogP contribution in [-0.4, -0.2) is 44.0 Å². The van der Waals surface area contributed by atoms with Crippen molar-refractivity contribution in [1.29, 1.82) is 0 Å². The van der Waals surface area contributed by atoms with Gasteiger partial charge in [-0.25, -0.2) is 0 Å². The van der Waals surface area contributed by atoms with Crippen molar-refractivity contribution < 1.29 is 28.8 Å². The molecule has 0 bridgehead atoms. The number of hydrogen-bond acceptors (Lipinski definition) is 7. The molecule has 9 heteroatoms. The lowest BCUT2D eigenvalue weighted by Crippen LogP contribution is -2.33. The highest BCUT2D eigenvalue weighted by molar-refractivity contribution is 6.08. The van der Waals surface area contributed by atoms with E-state index < -0.39 is 6.10 Å². The zero-order chi connectivity index (χ0) is 32.3. The standard InChI is InChI=1S/C37H41N3O6/c1-3-5-20-44-21-22-46-31-13-9-26(10-14-31)27-11-15-32-30(23-27)24-29(17-18-38-32)37(42)39-33-16-12-28(25-35(33)45-4-2)36(41)34-8-6-7-19-40(34)43/h6-16,19,23-25,36,38,41H,3-5,17-18,20-22H2,1-2H3,(H,39,42). The van der Waals surface area contributed by atoms with Gasteiger partial charge in [0.2, 0.25) is 5.69 Å². The zero-order valence-electron chi connectivity index (χ0n) is 26.3. The Bertz CT molecular complexity index is 1650. The predicted octanol–water partition coefficient (Wildman–Crippen LogP) is 6.50. The molecule has 240 valence electrons. The average Bonchev–Trinajstić information content (AvgIpc) is 3.30. The Morgan fingerprint density at radius 2 is 1.80 bits per heavy atom. The molecule has 0 saturated carbocycles. The van der Waals surface area contributed by atoms with E-state index in [1.54, 1.807) is 36.4 Å². The highest BCUT2D eigenvalue weighted by atomic mass is 16.5. The molecule has 0 saturated heterocycles. The molecule has 1 aromatic heterocycles. The summed E-state index contributed by atoms with van der Waals surface area (Å²) in [6.07, 6.45) is 4.81. The van der Waals surface area contributed by atoms with Gasteiger partial charge in [0.25, 0.3) is 5.91 Å². The summed E-state index contributed by atoms with van der Waals surface area (Å²) in [4.78, 5) is 13.5. The fourth-order valence-electron chi connectivity index (χ4n) is 5.22. The zero-order valence-corrected chi connectivity index (χ0v) is 26.3. The number of anilines is 2. The van der Waals surface area contributed by atoms with E-state index in [0.717, 1.165) is 47.6 Å². The highest BCUT2D eigenvalue weighted by Gasteiger charge is 2.22. The molecule has 1 aliphatic heterocycles. The first kappa shape index (κ1) is 32.5. The second-order valence-corrected chi connectivity index (χ2v) is 11.0. The Balaban J connectivity index is 1.29. The van der Waals surface area contributed by atoms with Crippen LogP contribution < -0.4 is 24.8 Å². The molecule has 1 unspecified atom stereocenters. The van der Waals surface area contributed by atoms with Crippen molar-refractivity contribution >= 4 is 23.4 Å². The normalized spacial score (nSPS) is 13.1. The number of rotatable bonds is 14. The molecule has 5 rings (SSSR count). The minimum absolute atomic E-state index is 0.198. The third-order valence-electron chi connectivity index (χ3n) is 7.71. The van der Waals surface area contributed by atoms with Crippen LogP contribution in [0.15, 0.2) is 90.6 Å². The number of aliphatic hydroxyl groups excluding tert-OH is 1. The third-order valence-corrected chi connectivity index (χ3v) is 7.71. The summed E-state index contributed by atoms with van der Waals surface area (Å²) in [7, 11) is 0. The fraction of sp³-hybridized carbons (Fsp3) is 0.297. The molecule has 46 heavy (non-hydrogen) atoms. The largest absolute Gasteiger partial charge is 0.618 e. The van der Waals surface area contributed by atoms with E-state index in [1.807, 2.05) is 43.3 Å². The lowest BCUT2D eigenvalue weighted by atomic mass is 10.00. The highest BCUT2D eigenvalue weighted by Crippen LogP contribution is 2.33. The van der Waals surface area contributed by atoms with Crippen LogP contribution in [0.25, 0.3) is 17.2 Å². The van der Waals surface area contributed by atoms with Crippen molar-refractivity contribution in [3.8, 4) is 22.6 Å². The smallest absolute Gasteiger partial charge is 0.251 e. The average molecular weight is 624 g/mol. The van der Waals surface area contributed by atoms with E-state index in [2.05, 4.69) is 29.7 Å². The Kier molecular flexibility index (Phi) is 11.3. The van der Waals surface area contributed by atoms with Crippen molar-refractivity contribution in [2.24, 2.45) is 0 Å². The van der Waals surface area contributed by atoms with Crippen LogP contribution in [0, 0.1) is 5.21 Å².